The van der Waals surface area contributed by atoms with Crippen molar-refractivity contribution in [3.8, 4) is 28.3 Å². The molecule has 0 amide bonds. The number of rotatable bonds is 9. The van der Waals surface area contributed by atoms with Crippen LogP contribution in [0, 0.1) is 0 Å². The van der Waals surface area contributed by atoms with E-state index in [2.05, 4.69) is 10.3 Å². The number of ether oxygens (including phenoxy) is 2. The molecule has 1 fully saturated rings. The predicted octanol–water partition coefficient (Wildman–Crippen LogP) is 7.14. The summed E-state index contributed by atoms with van der Waals surface area (Å²) in [6.07, 6.45) is 5.20. The van der Waals surface area contributed by atoms with Gasteiger partial charge in [-0.1, -0.05) is 91.0 Å². The highest BCUT2D eigenvalue weighted by molar-refractivity contribution is 5.84. The van der Waals surface area contributed by atoms with Gasteiger partial charge in [0, 0.05) is 41.1 Å². The molecule has 3 heterocycles. The number of hydrogen-bond donors (Lipinski definition) is 2. The lowest BCUT2D eigenvalue weighted by Gasteiger charge is -2.39. The van der Waals surface area contributed by atoms with Crippen LogP contribution in [0.1, 0.15) is 32.3 Å². The van der Waals surface area contributed by atoms with Gasteiger partial charge in [-0.2, -0.15) is 10.1 Å². The summed E-state index contributed by atoms with van der Waals surface area (Å²) in [6, 6.07) is 31.6. The summed E-state index contributed by atoms with van der Waals surface area (Å²) < 4.78 is 13.9. The minimum Gasteiger partial charge on any atom is -0.481 e. The van der Waals surface area contributed by atoms with E-state index in [1.807, 2.05) is 114 Å². The van der Waals surface area contributed by atoms with Crippen molar-refractivity contribution in [2.24, 2.45) is 0 Å². The number of carbonyl (C=O) groups is 1. The van der Waals surface area contributed by atoms with Crippen LogP contribution in [0.3, 0.4) is 0 Å². The van der Waals surface area contributed by atoms with Gasteiger partial charge in [-0.25, -0.2) is 9.67 Å². The molecule has 44 heavy (non-hydrogen) atoms. The highest BCUT2D eigenvalue weighted by Crippen LogP contribution is 2.36. The molecule has 2 aromatic heterocycles. The fraction of sp³-hybridized carbons (Fsp3) is 0.200. The van der Waals surface area contributed by atoms with Gasteiger partial charge in [-0.15, -0.1) is 0 Å². The normalized spacial score (nSPS) is 17.9. The molecule has 9 heteroatoms. The Labute approximate surface area is 255 Å². The molecule has 0 bridgehead atoms. The molecular weight excluding hydrogens is 554 g/mol. The Balaban J connectivity index is 1.47. The van der Waals surface area contributed by atoms with Crippen molar-refractivity contribution in [2.75, 3.05) is 5.32 Å². The second-order valence-electron chi connectivity index (χ2n) is 11.0. The predicted molar refractivity (Wildman–Crippen MR) is 169 cm³/mol. The molecule has 0 saturated carbocycles. The Kier molecular flexibility index (Phi) is 8.31. The smallest absolute Gasteiger partial charge is 0.305 e. The Morgan fingerprint density at radius 2 is 1.61 bits per heavy atom. The molecule has 1 saturated heterocycles. The third-order valence-corrected chi connectivity index (χ3v) is 7.17. The molecule has 0 aliphatic carbocycles. The number of para-hydroxylation sites is 1. The van der Waals surface area contributed by atoms with Crippen molar-refractivity contribution in [1.29, 1.82) is 0 Å². The molecule has 5 aromatic rings. The van der Waals surface area contributed by atoms with E-state index in [1.54, 1.807) is 20.0 Å². The van der Waals surface area contributed by atoms with Gasteiger partial charge < -0.3 is 19.9 Å². The average molecular weight is 588 g/mol. The second kappa shape index (κ2) is 12.6. The summed E-state index contributed by atoms with van der Waals surface area (Å²) in [7, 11) is 0. The first kappa shape index (κ1) is 29.0. The molecule has 9 nitrogen and oxygen atoms in total. The molecule has 2 N–H and O–H groups in total. The van der Waals surface area contributed by atoms with E-state index in [4.69, 9.17) is 19.6 Å². The summed E-state index contributed by atoms with van der Waals surface area (Å²) in [5.41, 5.74) is 5.26. The largest absolute Gasteiger partial charge is 0.481 e. The SMILES string of the molecule is CC1(C)O[C@@H](CC(=O)O)C[C@@H](/C=C/c2c(-c3ccccc3)nn(-c3ccnc(Nc4ccccc4)n3)c2-c2ccccc2)O1. The number of aromatic nitrogens is 4. The van der Waals surface area contributed by atoms with Crippen LogP contribution >= 0.6 is 0 Å². The van der Waals surface area contributed by atoms with E-state index in [0.717, 1.165) is 33.8 Å². The van der Waals surface area contributed by atoms with Gasteiger partial charge in [0.05, 0.1) is 24.3 Å². The van der Waals surface area contributed by atoms with Crippen LogP contribution in [0.5, 0.6) is 0 Å². The highest BCUT2D eigenvalue weighted by atomic mass is 16.7. The van der Waals surface area contributed by atoms with Crippen molar-refractivity contribution in [1.82, 2.24) is 19.7 Å². The molecule has 222 valence electrons. The Morgan fingerprint density at radius 3 is 2.30 bits per heavy atom. The number of aliphatic carboxylic acids is 1. The maximum absolute atomic E-state index is 11.5. The van der Waals surface area contributed by atoms with Gasteiger partial charge >= 0.3 is 5.97 Å². The lowest BCUT2D eigenvalue weighted by molar-refractivity contribution is -0.290. The Morgan fingerprint density at radius 1 is 0.955 bits per heavy atom. The third-order valence-electron chi connectivity index (χ3n) is 7.17. The first-order chi connectivity index (χ1) is 21.3. The van der Waals surface area contributed by atoms with Crippen LogP contribution in [0.15, 0.2) is 109 Å². The lowest BCUT2D eigenvalue weighted by Crippen LogP contribution is -2.44. The van der Waals surface area contributed by atoms with Crippen LogP contribution in [-0.4, -0.2) is 48.8 Å². The quantitative estimate of drug-likeness (QED) is 0.187. The summed E-state index contributed by atoms with van der Waals surface area (Å²) >= 11 is 0. The van der Waals surface area contributed by atoms with Gasteiger partial charge in [-0.05, 0) is 26.0 Å². The zero-order valence-corrected chi connectivity index (χ0v) is 24.5. The van der Waals surface area contributed by atoms with Gasteiger partial charge in [0.1, 0.15) is 5.69 Å². The van der Waals surface area contributed by atoms with Crippen molar-refractivity contribution in [2.45, 2.75) is 44.7 Å². The van der Waals surface area contributed by atoms with E-state index in [1.165, 1.54) is 0 Å². The Hall–Kier alpha value is -5.12. The number of carboxylic acids is 1. The van der Waals surface area contributed by atoms with Crippen LogP contribution in [-0.2, 0) is 14.3 Å². The molecular formula is C35H33N5O4. The second-order valence-corrected chi connectivity index (χ2v) is 11.0. The fourth-order valence-corrected chi connectivity index (χ4v) is 5.40. The standard InChI is InChI=1S/C35H33N5O4/c1-35(2)43-27(22-28(44-35)23-31(41)42)18-19-29-32(24-12-6-3-7-13-24)39-40(33(29)25-14-8-4-9-15-25)30-20-21-36-34(38-30)37-26-16-10-5-11-17-26/h3-21,27-28H,22-23H2,1-2H3,(H,41,42)(H,36,37,38)/b19-18+/t27-,28-/m1/s1. The van der Waals surface area contributed by atoms with Gasteiger partial charge in [-0.3, -0.25) is 4.79 Å². The maximum Gasteiger partial charge on any atom is 0.305 e. The van der Waals surface area contributed by atoms with Crippen molar-refractivity contribution in [3.05, 3.63) is 115 Å². The summed E-state index contributed by atoms with van der Waals surface area (Å²) in [5, 5.41) is 17.8. The molecule has 1 aliphatic rings. The van der Waals surface area contributed by atoms with E-state index in [0.29, 0.717) is 18.2 Å². The van der Waals surface area contributed by atoms with E-state index < -0.39 is 17.9 Å². The van der Waals surface area contributed by atoms with Crippen LogP contribution in [0.25, 0.3) is 34.4 Å². The number of anilines is 2. The maximum atomic E-state index is 11.5. The average Bonchev–Trinajstić information content (AvgIpc) is 3.40. The summed E-state index contributed by atoms with van der Waals surface area (Å²) in [4.78, 5) is 20.7. The third kappa shape index (κ3) is 6.75. The Bertz CT molecular complexity index is 1750. The van der Waals surface area contributed by atoms with Crippen molar-refractivity contribution < 1.29 is 19.4 Å². The number of benzene rings is 3. The number of nitrogens with one attached hydrogen (secondary N) is 1. The number of carboxylic acid groups (broad SMARTS) is 1. The molecule has 3 aromatic carbocycles. The highest BCUT2D eigenvalue weighted by Gasteiger charge is 2.35. The van der Waals surface area contributed by atoms with Crippen LogP contribution < -0.4 is 5.32 Å². The first-order valence-corrected chi connectivity index (χ1v) is 14.5. The first-order valence-electron chi connectivity index (χ1n) is 14.5. The van der Waals surface area contributed by atoms with Gasteiger partial charge in [0.25, 0.3) is 0 Å². The van der Waals surface area contributed by atoms with Crippen LogP contribution in [0.4, 0.5) is 11.6 Å². The molecule has 2 atom stereocenters. The van der Waals surface area contributed by atoms with E-state index >= 15 is 0 Å². The summed E-state index contributed by atoms with van der Waals surface area (Å²) in [6.45, 7) is 3.61. The molecule has 0 spiro atoms. The van der Waals surface area contributed by atoms with Gasteiger partial charge in [0.2, 0.25) is 5.95 Å². The van der Waals surface area contributed by atoms with Crippen molar-refractivity contribution in [3.63, 3.8) is 0 Å². The number of nitrogens with zero attached hydrogens (tertiary/aromatic N) is 4. The minimum atomic E-state index is -0.925. The molecule has 1 aliphatic heterocycles. The molecule has 0 unspecified atom stereocenters. The minimum absolute atomic E-state index is 0.0906. The fourth-order valence-electron chi connectivity index (χ4n) is 5.40. The zero-order valence-electron chi connectivity index (χ0n) is 24.5. The van der Waals surface area contributed by atoms with Crippen molar-refractivity contribution >= 4 is 23.7 Å². The molecule has 6 rings (SSSR count). The zero-order chi connectivity index (χ0) is 30.5. The lowest BCUT2D eigenvalue weighted by atomic mass is 9.99. The monoisotopic (exact) mass is 587 g/mol. The van der Waals surface area contributed by atoms with E-state index in [9.17, 15) is 9.90 Å². The van der Waals surface area contributed by atoms with E-state index in [-0.39, 0.29) is 12.5 Å². The molecule has 0 radical (unpaired) electrons. The van der Waals surface area contributed by atoms with Gasteiger partial charge in [0.15, 0.2) is 11.6 Å². The summed E-state index contributed by atoms with van der Waals surface area (Å²) in [5.74, 6) is -0.783. The van der Waals surface area contributed by atoms with Crippen LogP contribution in [0.2, 0.25) is 0 Å². The topological polar surface area (TPSA) is 111 Å². The number of hydrogen-bond acceptors (Lipinski definition) is 7.